The quantitative estimate of drug-likeness (QED) is 0.625. The van der Waals surface area contributed by atoms with Gasteiger partial charge in [-0.3, -0.25) is 4.79 Å². The molecular weight excluding hydrogens is 238 g/mol. The topological polar surface area (TPSA) is 70.9 Å². The molecule has 98 valence electrons. The molecule has 0 aliphatic carbocycles. The number of hydrogen-bond donors (Lipinski definition) is 3. The first-order valence-electron chi connectivity index (χ1n) is 6.44. The lowest BCUT2D eigenvalue weighted by molar-refractivity contribution is 0.612. The fourth-order valence-electron chi connectivity index (χ4n) is 2.69. The summed E-state index contributed by atoms with van der Waals surface area (Å²) in [6.07, 6.45) is 0.813. The van der Waals surface area contributed by atoms with E-state index in [1.165, 1.54) is 0 Å². The molecule has 0 aliphatic rings. The number of nitrogens with one attached hydrogen (secondary N) is 2. The van der Waals surface area contributed by atoms with Gasteiger partial charge < -0.3 is 16.0 Å². The first-order chi connectivity index (χ1) is 9.11. The summed E-state index contributed by atoms with van der Waals surface area (Å²) in [5.41, 5.74) is 8.61. The van der Waals surface area contributed by atoms with Gasteiger partial charge in [-0.15, -0.1) is 0 Å². The maximum Gasteiger partial charge on any atom is 0.256 e. The minimum Gasteiger partial charge on any atom is -0.398 e. The highest BCUT2D eigenvalue weighted by atomic mass is 16.1. The summed E-state index contributed by atoms with van der Waals surface area (Å²) >= 11 is 0. The average Bonchev–Trinajstić information content (AvgIpc) is 2.40. The number of H-pyrrole nitrogens is 1. The van der Waals surface area contributed by atoms with Crippen molar-refractivity contribution in [3.05, 3.63) is 40.2 Å². The van der Waals surface area contributed by atoms with Crippen molar-refractivity contribution < 1.29 is 0 Å². The van der Waals surface area contributed by atoms with Crippen LogP contribution < -0.4 is 16.6 Å². The Balaban J connectivity index is 2.43. The maximum atomic E-state index is 12.2. The van der Waals surface area contributed by atoms with Gasteiger partial charge in [0.25, 0.3) is 5.56 Å². The minimum atomic E-state index is -0.0643. The molecule has 2 bridgehead atoms. The second-order valence-electron chi connectivity index (χ2n) is 5.07. The summed E-state index contributed by atoms with van der Waals surface area (Å²) in [7, 11) is 1.93. The van der Waals surface area contributed by atoms with Gasteiger partial charge in [0, 0.05) is 33.4 Å². The molecular formula is C15H17N3O. The van der Waals surface area contributed by atoms with Gasteiger partial charge in [-0.25, -0.2) is 0 Å². The fraction of sp³-hybridized carbons (Fsp3) is 0.267. The molecule has 1 heterocycles. The first-order valence-corrected chi connectivity index (χ1v) is 6.44. The van der Waals surface area contributed by atoms with E-state index in [0.717, 1.165) is 28.3 Å². The summed E-state index contributed by atoms with van der Waals surface area (Å²) < 4.78 is 0. The molecule has 1 atom stereocenters. The third kappa shape index (κ3) is 1.76. The monoisotopic (exact) mass is 255 g/mol. The Bertz CT molecular complexity index is 791. The average molecular weight is 255 g/mol. The van der Waals surface area contributed by atoms with Crippen molar-refractivity contribution >= 4 is 27.4 Å². The van der Waals surface area contributed by atoms with Gasteiger partial charge in [-0.1, -0.05) is 12.1 Å². The number of hydrogen-bond acceptors (Lipinski definition) is 3. The Morgan fingerprint density at radius 1 is 1.37 bits per heavy atom. The van der Waals surface area contributed by atoms with Crippen LogP contribution in [0.25, 0.3) is 21.7 Å². The van der Waals surface area contributed by atoms with E-state index in [2.05, 4.69) is 17.2 Å². The van der Waals surface area contributed by atoms with Crippen LogP contribution in [0.4, 0.5) is 5.69 Å². The normalized spacial score (nSPS) is 13.4. The van der Waals surface area contributed by atoms with Gasteiger partial charge in [0.05, 0.1) is 0 Å². The number of rotatable bonds is 3. The molecule has 0 amide bonds. The number of aromatic nitrogens is 1. The predicted octanol–water partition coefficient (Wildman–Crippen LogP) is 1.85. The standard InChI is InChI=1S/C15H17N3O/c1-8(17-2)6-10-11-7-12(16)9-4-3-5-13(14(9)10)18-15(11)19/h3-5,7-8,17H,6,16H2,1-2H3,(H,18,19). The van der Waals surface area contributed by atoms with E-state index in [-0.39, 0.29) is 5.56 Å². The Morgan fingerprint density at radius 3 is 2.89 bits per heavy atom. The van der Waals surface area contributed by atoms with E-state index >= 15 is 0 Å². The fourth-order valence-corrected chi connectivity index (χ4v) is 2.69. The van der Waals surface area contributed by atoms with Crippen molar-refractivity contribution in [2.75, 3.05) is 12.8 Å². The Labute approximate surface area is 111 Å². The molecule has 0 fully saturated rings. The molecule has 19 heavy (non-hydrogen) atoms. The minimum absolute atomic E-state index is 0.0643. The van der Waals surface area contributed by atoms with Gasteiger partial charge >= 0.3 is 0 Å². The van der Waals surface area contributed by atoms with Crippen LogP contribution in [0, 0.1) is 0 Å². The van der Waals surface area contributed by atoms with Crippen LogP contribution in [0.5, 0.6) is 0 Å². The molecule has 0 aliphatic heterocycles. The van der Waals surface area contributed by atoms with Crippen LogP contribution in [0.3, 0.4) is 0 Å². The van der Waals surface area contributed by atoms with Crippen LogP contribution >= 0.6 is 0 Å². The zero-order valence-corrected chi connectivity index (χ0v) is 11.1. The Kier molecular flexibility index (Phi) is 2.68. The van der Waals surface area contributed by atoms with E-state index in [4.69, 9.17) is 5.73 Å². The molecule has 0 radical (unpaired) electrons. The molecule has 1 aromatic heterocycles. The second-order valence-corrected chi connectivity index (χ2v) is 5.07. The SMILES string of the molecule is CNC(C)Cc1c2cc(N)c3cccc([nH]c2=O)c13. The van der Waals surface area contributed by atoms with Crippen molar-refractivity contribution in [2.45, 2.75) is 19.4 Å². The number of benzene rings is 2. The zero-order valence-electron chi connectivity index (χ0n) is 11.1. The number of fused-ring (bicyclic) bond motifs is 1. The van der Waals surface area contributed by atoms with Crippen LogP contribution in [0.1, 0.15) is 12.5 Å². The van der Waals surface area contributed by atoms with E-state index in [9.17, 15) is 4.79 Å². The molecule has 0 saturated heterocycles. The summed E-state index contributed by atoms with van der Waals surface area (Å²) in [5.74, 6) is 0. The van der Waals surface area contributed by atoms with Crippen molar-refractivity contribution in [3.63, 3.8) is 0 Å². The molecule has 0 spiro atoms. The molecule has 4 N–H and O–H groups in total. The first kappa shape index (κ1) is 12.0. The van der Waals surface area contributed by atoms with Gasteiger partial charge in [0.2, 0.25) is 0 Å². The van der Waals surface area contributed by atoms with Gasteiger partial charge in [-0.05, 0) is 38.1 Å². The molecule has 1 unspecified atom stereocenters. The van der Waals surface area contributed by atoms with Gasteiger partial charge in [-0.2, -0.15) is 0 Å². The lowest BCUT2D eigenvalue weighted by atomic mass is 9.93. The number of likely N-dealkylation sites (N-methyl/N-ethyl adjacent to an activating group) is 1. The molecule has 3 aromatic rings. The highest BCUT2D eigenvalue weighted by molar-refractivity contribution is 6.09. The molecule has 3 rings (SSSR count). The summed E-state index contributed by atoms with van der Waals surface area (Å²) in [6, 6.07) is 7.95. The molecule has 4 heteroatoms. The number of pyridine rings is 1. The number of nitrogens with two attached hydrogens (primary N) is 1. The molecule has 4 nitrogen and oxygen atoms in total. The van der Waals surface area contributed by atoms with Crippen LogP contribution in [-0.2, 0) is 6.42 Å². The lowest BCUT2D eigenvalue weighted by Gasteiger charge is -2.17. The van der Waals surface area contributed by atoms with Crippen molar-refractivity contribution in [3.8, 4) is 0 Å². The van der Waals surface area contributed by atoms with Crippen molar-refractivity contribution in [1.29, 1.82) is 0 Å². The van der Waals surface area contributed by atoms with Gasteiger partial charge in [0.15, 0.2) is 0 Å². The molecule has 2 aromatic carbocycles. The predicted molar refractivity (Wildman–Crippen MR) is 79.9 cm³/mol. The van der Waals surface area contributed by atoms with Crippen LogP contribution in [0.2, 0.25) is 0 Å². The van der Waals surface area contributed by atoms with E-state index in [0.29, 0.717) is 17.1 Å². The number of aromatic amines is 1. The van der Waals surface area contributed by atoms with Crippen LogP contribution in [-0.4, -0.2) is 18.1 Å². The lowest BCUT2D eigenvalue weighted by Crippen LogP contribution is -2.25. The van der Waals surface area contributed by atoms with Crippen molar-refractivity contribution in [2.24, 2.45) is 0 Å². The summed E-state index contributed by atoms with van der Waals surface area (Å²) in [5, 5.41) is 6.01. The highest BCUT2D eigenvalue weighted by Gasteiger charge is 2.16. The highest BCUT2D eigenvalue weighted by Crippen LogP contribution is 2.32. The maximum absolute atomic E-state index is 12.2. The Morgan fingerprint density at radius 2 is 2.16 bits per heavy atom. The second kappa shape index (κ2) is 4.24. The third-order valence-electron chi connectivity index (χ3n) is 3.80. The van der Waals surface area contributed by atoms with Gasteiger partial charge in [0.1, 0.15) is 0 Å². The summed E-state index contributed by atoms with van der Waals surface area (Å²) in [4.78, 5) is 15.1. The van der Waals surface area contributed by atoms with Crippen molar-refractivity contribution in [1.82, 2.24) is 10.3 Å². The molecule has 0 saturated carbocycles. The van der Waals surface area contributed by atoms with E-state index < -0.39 is 0 Å². The van der Waals surface area contributed by atoms with Crippen LogP contribution in [0.15, 0.2) is 29.1 Å². The largest absolute Gasteiger partial charge is 0.398 e. The smallest absolute Gasteiger partial charge is 0.256 e. The zero-order chi connectivity index (χ0) is 13.6. The third-order valence-corrected chi connectivity index (χ3v) is 3.80. The van der Waals surface area contributed by atoms with E-state index in [1.54, 1.807) is 6.07 Å². The van der Waals surface area contributed by atoms with E-state index in [1.807, 2.05) is 25.2 Å². The summed E-state index contributed by atoms with van der Waals surface area (Å²) in [6.45, 7) is 2.11. The Hall–Kier alpha value is -2.07. The number of anilines is 1. The number of nitrogen functional groups attached to an aromatic ring is 1.